The molecule has 6 aliphatic rings. The van der Waals surface area contributed by atoms with Crippen LogP contribution < -0.4 is 21.3 Å². The fourth-order valence-electron chi connectivity index (χ4n) is 6.92. The molecule has 2 amide bonds. The second kappa shape index (κ2) is 12.4. The summed E-state index contributed by atoms with van der Waals surface area (Å²) in [5.74, 6) is -0.174. The van der Waals surface area contributed by atoms with Gasteiger partial charge in [0.15, 0.2) is 0 Å². The quantitative estimate of drug-likeness (QED) is 0.251. The molecule has 0 saturated carbocycles. The summed E-state index contributed by atoms with van der Waals surface area (Å²) >= 11 is 0. The number of anilines is 3. The van der Waals surface area contributed by atoms with E-state index in [2.05, 4.69) is 75.7 Å². The van der Waals surface area contributed by atoms with Gasteiger partial charge in [0.05, 0.1) is 23.3 Å². The van der Waals surface area contributed by atoms with Crippen molar-refractivity contribution >= 4 is 28.9 Å². The van der Waals surface area contributed by atoms with Gasteiger partial charge in [0.1, 0.15) is 0 Å². The Balaban J connectivity index is 1.26. The van der Waals surface area contributed by atoms with Crippen LogP contribution in [0.2, 0.25) is 0 Å². The highest BCUT2D eigenvalue weighted by molar-refractivity contribution is 5.94. The number of amides is 2. The number of nitrogens with one attached hydrogen (secondary N) is 3. The molecule has 1 atom stereocenters. The van der Waals surface area contributed by atoms with Gasteiger partial charge in [-0.1, -0.05) is 42.8 Å². The summed E-state index contributed by atoms with van der Waals surface area (Å²) in [7, 11) is 0. The van der Waals surface area contributed by atoms with Gasteiger partial charge >= 0.3 is 0 Å². The number of pyridine rings is 1. The van der Waals surface area contributed by atoms with Gasteiger partial charge in [-0.15, -0.1) is 5.53 Å². The maximum absolute atomic E-state index is 13.6. The van der Waals surface area contributed by atoms with Gasteiger partial charge < -0.3 is 15.6 Å². The first-order chi connectivity index (χ1) is 21.9. The Morgan fingerprint density at radius 1 is 0.933 bits per heavy atom. The van der Waals surface area contributed by atoms with Gasteiger partial charge in [-0.3, -0.25) is 19.6 Å². The minimum atomic E-state index is -0.178. The molecule has 8 nitrogen and oxygen atoms in total. The van der Waals surface area contributed by atoms with E-state index in [0.717, 1.165) is 83.5 Å². The molecule has 45 heavy (non-hydrogen) atoms. The molecule has 3 aromatic carbocycles. The number of hydrogen-bond donors (Lipinski definition) is 3. The summed E-state index contributed by atoms with van der Waals surface area (Å²) in [4.78, 5) is 33.4. The monoisotopic (exact) mass is 600 g/mol. The number of carbonyl (C=O) groups is 2. The molecule has 7 heterocycles. The Kier molecular flexibility index (Phi) is 7.98. The van der Waals surface area contributed by atoms with Gasteiger partial charge in [0.25, 0.3) is 5.91 Å². The first-order valence-electron chi connectivity index (χ1n) is 16.1. The molecule has 0 fully saturated rings. The highest BCUT2D eigenvalue weighted by Crippen LogP contribution is 2.41. The average molecular weight is 601 g/mol. The third-order valence-corrected chi connectivity index (χ3v) is 9.53. The molecular weight excluding hydrogens is 560 g/mol. The smallest absolute Gasteiger partial charge is 0.254 e. The predicted octanol–water partition coefficient (Wildman–Crippen LogP) is 6.44. The fraction of sp³-hybridized carbons (Fsp3) is 0.324. The maximum Gasteiger partial charge on any atom is 0.254 e. The van der Waals surface area contributed by atoms with Crippen molar-refractivity contribution in [3.63, 3.8) is 0 Å². The Labute approximate surface area is 264 Å². The van der Waals surface area contributed by atoms with Crippen molar-refractivity contribution in [2.75, 3.05) is 28.8 Å². The number of aromatic nitrogens is 1. The molecule has 4 aromatic rings. The van der Waals surface area contributed by atoms with E-state index in [9.17, 15) is 9.59 Å². The standard InChI is InChI=1S/C37H40N6O2/c1-24-7-14-31(22-38-24)39-35(44)21-33-29-13-12-27-17-19-42(23-30(27)20-29)37(45)28-10-8-26(9-11-28)6-4-3-5-18-43-34-16-15-32(33)25(2)36(34)40-41-43/h7-16,20,22,33,40-41H,3-6,17-19,21,23H2,1-2H3,(H,39,44). The number of hydrazine groups is 2. The molecule has 3 N–H and O–H groups in total. The molecule has 1 unspecified atom stereocenters. The lowest BCUT2D eigenvalue weighted by molar-refractivity contribution is -0.116. The summed E-state index contributed by atoms with van der Waals surface area (Å²) in [5, 5.41) is 5.25. The van der Waals surface area contributed by atoms with E-state index in [1.54, 1.807) is 6.20 Å². The number of carbonyl (C=O) groups excluding carboxylic acids is 2. The number of nitrogens with zero attached hydrogens (tertiary/aromatic N) is 3. The first-order valence-corrected chi connectivity index (χ1v) is 16.1. The molecule has 8 heteroatoms. The molecule has 0 aliphatic carbocycles. The van der Waals surface area contributed by atoms with E-state index in [4.69, 9.17) is 0 Å². The minimum Gasteiger partial charge on any atom is -0.334 e. The van der Waals surface area contributed by atoms with Crippen LogP contribution in [0, 0.1) is 13.8 Å². The van der Waals surface area contributed by atoms with E-state index in [0.29, 0.717) is 18.8 Å². The van der Waals surface area contributed by atoms with Crippen LogP contribution in [0.25, 0.3) is 0 Å². The van der Waals surface area contributed by atoms with Crippen molar-refractivity contribution in [1.82, 2.24) is 15.4 Å². The predicted molar refractivity (Wildman–Crippen MR) is 178 cm³/mol. The van der Waals surface area contributed by atoms with Crippen LogP contribution in [0.1, 0.15) is 81.0 Å². The minimum absolute atomic E-state index is 0.0678. The number of benzene rings is 3. The van der Waals surface area contributed by atoms with Gasteiger partial charge in [0.2, 0.25) is 5.91 Å². The normalized spacial score (nSPS) is 17.7. The molecule has 9 bridgehead atoms. The topological polar surface area (TPSA) is 89.6 Å². The van der Waals surface area contributed by atoms with Crippen molar-refractivity contribution in [3.8, 4) is 0 Å². The lowest BCUT2D eigenvalue weighted by Gasteiger charge is -2.30. The van der Waals surface area contributed by atoms with E-state index >= 15 is 0 Å². The average Bonchev–Trinajstić information content (AvgIpc) is 3.48. The summed E-state index contributed by atoms with van der Waals surface area (Å²) < 4.78 is 0. The van der Waals surface area contributed by atoms with E-state index in [1.807, 2.05) is 36.1 Å². The largest absolute Gasteiger partial charge is 0.334 e. The second-order valence-electron chi connectivity index (χ2n) is 12.6. The van der Waals surface area contributed by atoms with Crippen molar-refractivity contribution in [2.45, 2.75) is 64.8 Å². The van der Waals surface area contributed by atoms with Crippen LogP contribution in [0.5, 0.6) is 0 Å². The third kappa shape index (κ3) is 6.02. The summed E-state index contributed by atoms with van der Waals surface area (Å²) in [6.45, 7) is 6.21. The van der Waals surface area contributed by atoms with Gasteiger partial charge in [-0.2, -0.15) is 0 Å². The molecule has 6 aliphatic heterocycles. The lowest BCUT2D eigenvalue weighted by atomic mass is 9.83. The highest BCUT2D eigenvalue weighted by atomic mass is 16.2. The van der Waals surface area contributed by atoms with Crippen LogP contribution in [-0.4, -0.2) is 34.8 Å². The molecular formula is C37H40N6O2. The lowest BCUT2D eigenvalue weighted by Crippen LogP contribution is -2.36. The second-order valence-corrected chi connectivity index (χ2v) is 12.6. The number of aryl methyl sites for hydroxylation is 2. The molecule has 10 rings (SSSR count). The van der Waals surface area contributed by atoms with Crippen molar-refractivity contribution < 1.29 is 9.59 Å². The maximum atomic E-state index is 13.6. The van der Waals surface area contributed by atoms with Crippen LogP contribution in [-0.2, 0) is 24.2 Å². The SMILES string of the molecule is Cc1ccc(NC(=O)CC2c3ccc4c(c3)CN(CC4)C(=O)c3ccc(cc3)CCCCCN3NNc4c3ccc2c4C)cn1. The number of hydrogen-bond acceptors (Lipinski definition) is 6. The highest BCUT2D eigenvalue weighted by Gasteiger charge is 2.28. The fourth-order valence-corrected chi connectivity index (χ4v) is 6.92. The van der Waals surface area contributed by atoms with Crippen LogP contribution in [0.4, 0.5) is 17.1 Å². The zero-order chi connectivity index (χ0) is 30.9. The molecule has 1 aromatic heterocycles. The van der Waals surface area contributed by atoms with Crippen LogP contribution in [0.3, 0.4) is 0 Å². The zero-order valence-corrected chi connectivity index (χ0v) is 26.0. The summed E-state index contributed by atoms with van der Waals surface area (Å²) in [6.07, 6.45) is 7.08. The van der Waals surface area contributed by atoms with Crippen molar-refractivity contribution in [2.24, 2.45) is 0 Å². The van der Waals surface area contributed by atoms with Crippen molar-refractivity contribution in [3.05, 3.63) is 118 Å². The molecule has 0 saturated heterocycles. The van der Waals surface area contributed by atoms with E-state index < -0.39 is 0 Å². The molecule has 0 spiro atoms. The van der Waals surface area contributed by atoms with Gasteiger partial charge in [-0.05, 0) is 103 Å². The van der Waals surface area contributed by atoms with E-state index in [-0.39, 0.29) is 24.2 Å². The van der Waals surface area contributed by atoms with Crippen LogP contribution in [0.15, 0.2) is 72.9 Å². The van der Waals surface area contributed by atoms with Gasteiger partial charge in [-0.25, -0.2) is 0 Å². The van der Waals surface area contributed by atoms with E-state index in [1.165, 1.54) is 11.1 Å². The van der Waals surface area contributed by atoms with Crippen LogP contribution >= 0.6 is 0 Å². The number of rotatable bonds is 3. The van der Waals surface area contributed by atoms with Crippen molar-refractivity contribution in [1.29, 1.82) is 0 Å². The van der Waals surface area contributed by atoms with Gasteiger partial charge in [0, 0.05) is 43.2 Å². The Morgan fingerprint density at radius 3 is 2.62 bits per heavy atom. The Morgan fingerprint density at radius 2 is 1.80 bits per heavy atom. The first kappa shape index (κ1) is 29.0. The summed E-state index contributed by atoms with van der Waals surface area (Å²) in [6, 6.07) is 22.9. The third-order valence-electron chi connectivity index (χ3n) is 9.53. The molecule has 0 radical (unpaired) electrons. The zero-order valence-electron chi connectivity index (χ0n) is 26.0. The molecule has 230 valence electrons. The Bertz CT molecular complexity index is 1730. The summed E-state index contributed by atoms with van der Waals surface area (Å²) in [5.41, 5.74) is 18.3. The Hall–Kier alpha value is -4.69.